The van der Waals surface area contributed by atoms with E-state index in [0.29, 0.717) is 6.54 Å². The molecule has 4 rings (SSSR count). The van der Waals surface area contributed by atoms with Gasteiger partial charge in [0.15, 0.2) is 10.8 Å². The van der Waals surface area contributed by atoms with Crippen LogP contribution in [0.4, 0.5) is 0 Å². The lowest BCUT2D eigenvalue weighted by Crippen LogP contribution is -2.13. The monoisotopic (exact) mass is 467 g/mol. The van der Waals surface area contributed by atoms with Crippen LogP contribution >= 0.6 is 11.3 Å². The van der Waals surface area contributed by atoms with Crippen LogP contribution in [0.25, 0.3) is 21.0 Å². The number of hydrogen-bond acceptors (Lipinski definition) is 7. The zero-order chi connectivity index (χ0) is 23.8. The second-order valence-electron chi connectivity index (χ2n) is 7.52. The molecule has 0 saturated heterocycles. The van der Waals surface area contributed by atoms with E-state index in [4.69, 9.17) is 24.2 Å². The number of carboxylic acid groups (broad SMARTS) is 2. The number of benzene rings is 2. The molecule has 9 heteroatoms. The SMILES string of the molecule is CN(C)Cc1ccc(CNCc2ccc(-c3nc4ccccc4s3)o2)cc1.O=C(O)C(=O)O. The maximum absolute atomic E-state index is 9.10. The molecular weight excluding hydrogens is 442 g/mol. The normalized spacial score (nSPS) is 10.8. The first kappa shape index (κ1) is 24.1. The molecular formula is C24H25N3O5S. The second-order valence-corrected chi connectivity index (χ2v) is 8.55. The molecule has 33 heavy (non-hydrogen) atoms. The fraction of sp³-hybridized carbons (Fsp3) is 0.208. The fourth-order valence-electron chi connectivity index (χ4n) is 3.02. The van der Waals surface area contributed by atoms with Crippen LogP contribution in [0.5, 0.6) is 0 Å². The van der Waals surface area contributed by atoms with E-state index in [2.05, 4.69) is 59.6 Å². The van der Waals surface area contributed by atoms with Crippen molar-refractivity contribution in [3.05, 3.63) is 77.6 Å². The predicted octanol–water partition coefficient (Wildman–Crippen LogP) is 4.06. The number of carboxylic acids is 2. The lowest BCUT2D eigenvalue weighted by Gasteiger charge is -2.10. The van der Waals surface area contributed by atoms with Crippen LogP contribution in [-0.4, -0.2) is 46.1 Å². The van der Waals surface area contributed by atoms with Crippen molar-refractivity contribution in [2.24, 2.45) is 0 Å². The summed E-state index contributed by atoms with van der Waals surface area (Å²) in [6.45, 7) is 2.48. The summed E-state index contributed by atoms with van der Waals surface area (Å²) in [5, 5.41) is 19.2. The third-order valence-corrected chi connectivity index (χ3v) is 5.55. The first-order valence-electron chi connectivity index (χ1n) is 10.2. The van der Waals surface area contributed by atoms with Crippen molar-refractivity contribution in [1.29, 1.82) is 0 Å². The van der Waals surface area contributed by atoms with Crippen LogP contribution in [0, 0.1) is 0 Å². The van der Waals surface area contributed by atoms with Gasteiger partial charge in [0.2, 0.25) is 0 Å². The maximum Gasteiger partial charge on any atom is 0.414 e. The van der Waals surface area contributed by atoms with Crippen molar-refractivity contribution in [1.82, 2.24) is 15.2 Å². The summed E-state index contributed by atoms with van der Waals surface area (Å²) in [5.41, 5.74) is 3.62. The van der Waals surface area contributed by atoms with E-state index in [9.17, 15) is 0 Å². The summed E-state index contributed by atoms with van der Waals surface area (Å²) in [5.74, 6) is -1.89. The molecule has 2 aromatic heterocycles. The number of nitrogens with zero attached hydrogens (tertiary/aromatic N) is 2. The Morgan fingerprint density at radius 3 is 2.24 bits per heavy atom. The minimum Gasteiger partial charge on any atom is -0.473 e. The van der Waals surface area contributed by atoms with Gasteiger partial charge in [-0.15, -0.1) is 11.3 Å². The molecule has 0 bridgehead atoms. The molecule has 0 aliphatic rings. The molecule has 0 radical (unpaired) electrons. The Hall–Kier alpha value is -3.53. The Balaban J connectivity index is 0.000000454. The molecule has 0 unspecified atom stereocenters. The highest BCUT2D eigenvalue weighted by Gasteiger charge is 2.10. The Kier molecular flexibility index (Phi) is 8.31. The molecule has 0 saturated carbocycles. The largest absolute Gasteiger partial charge is 0.473 e. The van der Waals surface area contributed by atoms with Crippen molar-refractivity contribution in [3.63, 3.8) is 0 Å². The summed E-state index contributed by atoms with van der Waals surface area (Å²) in [4.78, 5) is 25.0. The average Bonchev–Trinajstić information content (AvgIpc) is 3.42. The highest BCUT2D eigenvalue weighted by molar-refractivity contribution is 7.21. The lowest BCUT2D eigenvalue weighted by molar-refractivity contribution is -0.159. The Morgan fingerprint density at radius 1 is 0.939 bits per heavy atom. The number of furan rings is 1. The zero-order valence-corrected chi connectivity index (χ0v) is 19.1. The molecule has 8 nitrogen and oxygen atoms in total. The number of hydrogen-bond donors (Lipinski definition) is 3. The quantitative estimate of drug-likeness (QED) is 0.349. The first-order chi connectivity index (χ1) is 15.8. The minimum atomic E-state index is -1.82. The van der Waals surface area contributed by atoms with Crippen molar-refractivity contribution >= 4 is 33.5 Å². The molecule has 2 aromatic carbocycles. The van der Waals surface area contributed by atoms with Crippen molar-refractivity contribution in [3.8, 4) is 10.8 Å². The first-order valence-corrected chi connectivity index (χ1v) is 11.0. The van der Waals surface area contributed by atoms with Crippen LogP contribution in [-0.2, 0) is 29.2 Å². The molecule has 0 atom stereocenters. The highest BCUT2D eigenvalue weighted by Crippen LogP contribution is 2.31. The minimum absolute atomic E-state index is 0.699. The number of para-hydroxylation sites is 1. The van der Waals surface area contributed by atoms with E-state index in [1.54, 1.807) is 11.3 Å². The van der Waals surface area contributed by atoms with Gasteiger partial charge in [-0.3, -0.25) is 0 Å². The van der Waals surface area contributed by atoms with E-state index < -0.39 is 11.9 Å². The highest BCUT2D eigenvalue weighted by atomic mass is 32.1. The number of aromatic nitrogens is 1. The molecule has 0 fully saturated rings. The van der Waals surface area contributed by atoms with E-state index in [0.717, 1.165) is 35.1 Å². The van der Waals surface area contributed by atoms with Gasteiger partial charge in [0.05, 0.1) is 16.8 Å². The topological polar surface area (TPSA) is 116 Å². The maximum atomic E-state index is 9.10. The van der Waals surface area contributed by atoms with Crippen LogP contribution in [0.15, 0.2) is 65.1 Å². The Morgan fingerprint density at radius 2 is 1.61 bits per heavy atom. The number of rotatable bonds is 7. The van der Waals surface area contributed by atoms with Crippen molar-refractivity contribution in [2.45, 2.75) is 19.6 Å². The summed E-state index contributed by atoms with van der Waals surface area (Å²) in [6, 6.07) is 20.9. The molecule has 2 heterocycles. The van der Waals surface area contributed by atoms with Gasteiger partial charge >= 0.3 is 11.9 Å². The predicted molar refractivity (Wildman–Crippen MR) is 127 cm³/mol. The second kappa shape index (κ2) is 11.4. The summed E-state index contributed by atoms with van der Waals surface area (Å²) in [7, 11) is 4.17. The average molecular weight is 468 g/mol. The van der Waals surface area contributed by atoms with Gasteiger partial charge < -0.3 is 24.8 Å². The van der Waals surface area contributed by atoms with E-state index in [1.165, 1.54) is 15.8 Å². The van der Waals surface area contributed by atoms with Gasteiger partial charge in [-0.05, 0) is 49.5 Å². The fourth-order valence-corrected chi connectivity index (χ4v) is 3.95. The zero-order valence-electron chi connectivity index (χ0n) is 18.3. The summed E-state index contributed by atoms with van der Waals surface area (Å²) >= 11 is 1.66. The Labute approximate surface area is 195 Å². The van der Waals surface area contributed by atoms with Gasteiger partial charge in [0.25, 0.3) is 0 Å². The molecule has 3 N–H and O–H groups in total. The molecule has 172 valence electrons. The van der Waals surface area contributed by atoms with Crippen LogP contribution < -0.4 is 5.32 Å². The lowest BCUT2D eigenvalue weighted by atomic mass is 10.1. The third-order valence-electron chi connectivity index (χ3n) is 4.50. The van der Waals surface area contributed by atoms with E-state index in [-0.39, 0.29) is 0 Å². The van der Waals surface area contributed by atoms with Gasteiger partial charge in [0.1, 0.15) is 5.76 Å². The number of thiazole rings is 1. The summed E-state index contributed by atoms with van der Waals surface area (Å²) < 4.78 is 7.16. The molecule has 0 aliphatic heterocycles. The molecule has 4 aromatic rings. The van der Waals surface area contributed by atoms with Gasteiger partial charge in [-0.2, -0.15) is 0 Å². The summed E-state index contributed by atoms with van der Waals surface area (Å²) in [6.07, 6.45) is 0. The van der Waals surface area contributed by atoms with Crippen LogP contribution in [0.2, 0.25) is 0 Å². The number of nitrogens with one attached hydrogen (secondary N) is 1. The molecule has 0 amide bonds. The Bertz CT molecular complexity index is 1170. The van der Waals surface area contributed by atoms with Crippen LogP contribution in [0.1, 0.15) is 16.9 Å². The van der Waals surface area contributed by atoms with Crippen molar-refractivity contribution in [2.75, 3.05) is 14.1 Å². The number of fused-ring (bicyclic) bond motifs is 1. The molecule has 0 aliphatic carbocycles. The van der Waals surface area contributed by atoms with Gasteiger partial charge in [-0.1, -0.05) is 36.4 Å². The number of carbonyl (C=O) groups is 2. The smallest absolute Gasteiger partial charge is 0.414 e. The van der Waals surface area contributed by atoms with Crippen molar-refractivity contribution < 1.29 is 24.2 Å². The molecule has 0 spiro atoms. The standard InChI is InChI=1S/C22H23N3OS.C2H2O4/c1-25(2)15-17-9-7-16(8-10-17)13-23-14-18-11-12-20(26-18)22-24-19-5-3-4-6-21(19)27-22;3-1(4)2(5)6/h3-12,23H,13-15H2,1-2H3;(H,3,4)(H,5,6). The van der Waals surface area contributed by atoms with E-state index in [1.807, 2.05) is 30.3 Å². The third kappa shape index (κ3) is 7.25. The number of aliphatic carboxylic acids is 2. The van der Waals surface area contributed by atoms with E-state index >= 15 is 0 Å². The van der Waals surface area contributed by atoms with Gasteiger partial charge in [0, 0.05) is 13.1 Å². The van der Waals surface area contributed by atoms with Gasteiger partial charge in [-0.25, -0.2) is 14.6 Å². The van der Waals surface area contributed by atoms with Crippen LogP contribution in [0.3, 0.4) is 0 Å².